The van der Waals surface area contributed by atoms with Crippen LogP contribution in [-0.2, 0) is 0 Å². The highest BCUT2D eigenvalue weighted by Crippen LogP contribution is 2.16. The van der Waals surface area contributed by atoms with Crippen LogP contribution in [-0.4, -0.2) is 62.6 Å². The summed E-state index contributed by atoms with van der Waals surface area (Å²) in [4.78, 5) is 16.9. The molecule has 0 bridgehead atoms. The number of nitrogens with zero attached hydrogens (tertiary/aromatic N) is 6. The van der Waals surface area contributed by atoms with Gasteiger partial charge in [0.1, 0.15) is 11.0 Å². The van der Waals surface area contributed by atoms with Crippen LogP contribution in [0.1, 0.15) is 22.5 Å². The standard InChI is InChI=1S/C17H19N7O/c1-12-3-6-16(21-18-12)23-7-2-8-24(10-9-23)17(25)13-4-5-14-15(11-13)20-22-19-14/h3-6,11H,2,7-10H2,1H3,(H,19,20,22). The number of rotatable bonds is 2. The summed E-state index contributed by atoms with van der Waals surface area (Å²) in [6.07, 6.45) is 0.896. The van der Waals surface area contributed by atoms with E-state index in [0.717, 1.165) is 43.1 Å². The van der Waals surface area contributed by atoms with Gasteiger partial charge in [-0.3, -0.25) is 4.79 Å². The highest BCUT2D eigenvalue weighted by Gasteiger charge is 2.21. The monoisotopic (exact) mass is 337 g/mol. The number of benzene rings is 1. The lowest BCUT2D eigenvalue weighted by Gasteiger charge is -2.22. The molecule has 4 rings (SSSR count). The van der Waals surface area contributed by atoms with Gasteiger partial charge in [-0.1, -0.05) is 0 Å². The number of fused-ring (bicyclic) bond motifs is 1. The fourth-order valence-corrected chi connectivity index (χ4v) is 3.07. The molecule has 0 saturated carbocycles. The number of H-pyrrole nitrogens is 1. The summed E-state index contributed by atoms with van der Waals surface area (Å²) in [5, 5.41) is 19.0. The molecule has 0 aliphatic carbocycles. The summed E-state index contributed by atoms with van der Waals surface area (Å²) in [5.41, 5.74) is 3.01. The SMILES string of the molecule is Cc1ccc(N2CCCN(C(=O)c3ccc4n[nH]nc4c3)CC2)nn1. The van der Waals surface area contributed by atoms with E-state index in [9.17, 15) is 4.79 Å². The first-order valence-corrected chi connectivity index (χ1v) is 8.36. The Morgan fingerprint density at radius 2 is 1.88 bits per heavy atom. The number of aryl methyl sites for hydroxylation is 1. The third-order valence-corrected chi connectivity index (χ3v) is 4.45. The van der Waals surface area contributed by atoms with Crippen molar-refractivity contribution in [3.63, 3.8) is 0 Å². The van der Waals surface area contributed by atoms with E-state index in [4.69, 9.17) is 0 Å². The average Bonchev–Trinajstić information content (AvgIpc) is 2.97. The predicted molar refractivity (Wildman–Crippen MR) is 93.4 cm³/mol. The third kappa shape index (κ3) is 3.15. The summed E-state index contributed by atoms with van der Waals surface area (Å²) in [5.74, 6) is 0.894. The number of nitrogens with one attached hydrogen (secondary N) is 1. The Morgan fingerprint density at radius 1 is 1.00 bits per heavy atom. The molecule has 128 valence electrons. The van der Waals surface area contributed by atoms with Crippen LogP contribution in [0.2, 0.25) is 0 Å². The molecule has 3 aromatic rings. The van der Waals surface area contributed by atoms with Gasteiger partial charge in [-0.2, -0.15) is 20.5 Å². The third-order valence-electron chi connectivity index (χ3n) is 4.45. The van der Waals surface area contributed by atoms with E-state index in [2.05, 4.69) is 30.5 Å². The van der Waals surface area contributed by atoms with Crippen LogP contribution in [0.5, 0.6) is 0 Å². The molecular formula is C17H19N7O. The maximum atomic E-state index is 12.8. The van der Waals surface area contributed by atoms with E-state index >= 15 is 0 Å². The smallest absolute Gasteiger partial charge is 0.253 e. The second-order valence-corrected chi connectivity index (χ2v) is 6.19. The van der Waals surface area contributed by atoms with Gasteiger partial charge in [0.2, 0.25) is 0 Å². The van der Waals surface area contributed by atoms with Crippen LogP contribution in [0.25, 0.3) is 11.0 Å². The lowest BCUT2D eigenvalue weighted by molar-refractivity contribution is 0.0767. The van der Waals surface area contributed by atoms with Crippen molar-refractivity contribution in [1.82, 2.24) is 30.5 Å². The number of aromatic nitrogens is 5. The normalized spacial score (nSPS) is 15.4. The summed E-state index contributed by atoms with van der Waals surface area (Å²) in [7, 11) is 0. The Morgan fingerprint density at radius 3 is 2.72 bits per heavy atom. The van der Waals surface area contributed by atoms with Crippen LogP contribution in [0.15, 0.2) is 30.3 Å². The maximum Gasteiger partial charge on any atom is 0.253 e. The van der Waals surface area contributed by atoms with Crippen LogP contribution in [0.3, 0.4) is 0 Å². The van der Waals surface area contributed by atoms with Crippen LogP contribution < -0.4 is 4.90 Å². The minimum atomic E-state index is 0.0294. The van der Waals surface area contributed by atoms with Gasteiger partial charge in [0.05, 0.1) is 5.69 Å². The Bertz CT molecular complexity index is 889. The molecule has 1 saturated heterocycles. The molecule has 3 heterocycles. The molecule has 0 atom stereocenters. The van der Waals surface area contributed by atoms with E-state index < -0.39 is 0 Å². The van der Waals surface area contributed by atoms with Crippen molar-refractivity contribution in [1.29, 1.82) is 0 Å². The van der Waals surface area contributed by atoms with Gasteiger partial charge in [0.15, 0.2) is 5.82 Å². The Labute approximate surface area is 144 Å². The average molecular weight is 337 g/mol. The fraction of sp³-hybridized carbons (Fsp3) is 0.353. The number of anilines is 1. The van der Waals surface area contributed by atoms with Crippen LogP contribution >= 0.6 is 0 Å². The number of hydrogen-bond acceptors (Lipinski definition) is 6. The lowest BCUT2D eigenvalue weighted by atomic mass is 10.1. The summed E-state index contributed by atoms with van der Waals surface area (Å²) >= 11 is 0. The van der Waals surface area contributed by atoms with Crippen LogP contribution in [0, 0.1) is 6.92 Å². The van der Waals surface area contributed by atoms with Gasteiger partial charge < -0.3 is 9.80 Å². The molecule has 8 heteroatoms. The fourth-order valence-electron chi connectivity index (χ4n) is 3.07. The van der Waals surface area contributed by atoms with E-state index in [1.165, 1.54) is 0 Å². The minimum absolute atomic E-state index is 0.0294. The molecule has 2 aromatic heterocycles. The zero-order valence-corrected chi connectivity index (χ0v) is 14.0. The van der Waals surface area contributed by atoms with Crippen LogP contribution in [0.4, 0.5) is 5.82 Å². The van der Waals surface area contributed by atoms with Crippen molar-refractivity contribution >= 4 is 22.8 Å². The summed E-state index contributed by atoms with van der Waals surface area (Å²) in [6.45, 7) is 4.92. The largest absolute Gasteiger partial charge is 0.353 e. The molecule has 1 N–H and O–H groups in total. The molecular weight excluding hydrogens is 318 g/mol. The first-order chi connectivity index (χ1) is 12.2. The molecule has 1 amide bonds. The van der Waals surface area contributed by atoms with Crippen molar-refractivity contribution in [2.24, 2.45) is 0 Å². The zero-order valence-electron chi connectivity index (χ0n) is 14.0. The first kappa shape index (κ1) is 15.5. The molecule has 8 nitrogen and oxygen atoms in total. The highest BCUT2D eigenvalue weighted by atomic mass is 16.2. The van der Waals surface area contributed by atoms with Gasteiger partial charge in [-0.25, -0.2) is 0 Å². The van der Waals surface area contributed by atoms with E-state index in [1.807, 2.05) is 30.0 Å². The van der Waals surface area contributed by atoms with Gasteiger partial charge in [0.25, 0.3) is 5.91 Å². The second kappa shape index (κ2) is 6.46. The molecule has 1 fully saturated rings. The van der Waals surface area contributed by atoms with Crippen molar-refractivity contribution in [2.45, 2.75) is 13.3 Å². The topological polar surface area (TPSA) is 90.9 Å². The van der Waals surface area contributed by atoms with Crippen molar-refractivity contribution in [2.75, 3.05) is 31.1 Å². The number of carbonyl (C=O) groups excluding carboxylic acids is 1. The van der Waals surface area contributed by atoms with Gasteiger partial charge in [-0.05, 0) is 43.7 Å². The van der Waals surface area contributed by atoms with Crippen molar-refractivity contribution in [3.05, 3.63) is 41.6 Å². The maximum absolute atomic E-state index is 12.8. The van der Waals surface area contributed by atoms with E-state index in [0.29, 0.717) is 17.6 Å². The molecule has 25 heavy (non-hydrogen) atoms. The van der Waals surface area contributed by atoms with Gasteiger partial charge in [-0.15, -0.1) is 5.10 Å². The van der Waals surface area contributed by atoms with Crippen molar-refractivity contribution < 1.29 is 4.79 Å². The Hall–Kier alpha value is -3.03. The summed E-state index contributed by atoms with van der Waals surface area (Å²) in [6, 6.07) is 9.36. The number of carbonyl (C=O) groups is 1. The van der Waals surface area contributed by atoms with Crippen molar-refractivity contribution in [3.8, 4) is 0 Å². The second-order valence-electron chi connectivity index (χ2n) is 6.19. The molecule has 0 unspecified atom stereocenters. The minimum Gasteiger partial charge on any atom is -0.353 e. The number of hydrogen-bond donors (Lipinski definition) is 1. The Kier molecular flexibility index (Phi) is 4.01. The van der Waals surface area contributed by atoms with E-state index in [-0.39, 0.29) is 5.91 Å². The lowest BCUT2D eigenvalue weighted by Crippen LogP contribution is -2.35. The number of aromatic amines is 1. The predicted octanol–water partition coefficient (Wildman–Crippen LogP) is 1.41. The first-order valence-electron chi connectivity index (χ1n) is 8.36. The molecule has 1 aliphatic rings. The summed E-state index contributed by atoms with van der Waals surface area (Å²) < 4.78 is 0. The number of amides is 1. The highest BCUT2D eigenvalue weighted by molar-refractivity contribution is 5.97. The molecule has 1 aromatic carbocycles. The molecule has 0 spiro atoms. The van der Waals surface area contributed by atoms with E-state index in [1.54, 1.807) is 12.1 Å². The molecule has 1 aliphatic heterocycles. The van der Waals surface area contributed by atoms with Gasteiger partial charge >= 0.3 is 0 Å². The quantitative estimate of drug-likeness (QED) is 0.760. The molecule has 0 radical (unpaired) electrons. The zero-order chi connectivity index (χ0) is 17.2. The Balaban J connectivity index is 1.48. The van der Waals surface area contributed by atoms with Gasteiger partial charge in [0, 0.05) is 31.7 Å².